The highest BCUT2D eigenvalue weighted by Crippen LogP contribution is 2.29. The number of nitrogens with zero attached hydrogens (tertiary/aromatic N) is 2. The Balaban J connectivity index is 1.73. The minimum Gasteiger partial charge on any atom is -0.495 e. The lowest BCUT2D eigenvalue weighted by Crippen LogP contribution is -2.28. The van der Waals surface area contributed by atoms with Crippen molar-refractivity contribution in [3.05, 3.63) is 75.0 Å². The van der Waals surface area contributed by atoms with Gasteiger partial charge in [-0.2, -0.15) is 5.26 Å². The molecule has 0 spiro atoms. The van der Waals surface area contributed by atoms with Gasteiger partial charge in [0.1, 0.15) is 17.4 Å². The fraction of sp³-hybridized carbons (Fsp3) is 0.304. The Morgan fingerprint density at radius 2 is 1.97 bits per heavy atom. The van der Waals surface area contributed by atoms with Crippen LogP contribution in [0.3, 0.4) is 0 Å². The predicted molar refractivity (Wildman–Crippen MR) is 117 cm³/mol. The Kier molecular flexibility index (Phi) is 6.88. The number of carbonyl (C=O) groups is 1. The van der Waals surface area contributed by atoms with E-state index in [1.165, 1.54) is 55.5 Å². The number of aryl methyl sites for hydroxylation is 2. The molecule has 1 aliphatic rings. The number of hydrogen-bond acceptors (Lipinski definition) is 6. The lowest BCUT2D eigenvalue weighted by molar-refractivity contribution is -0.384. The molecule has 0 aromatic heterocycles. The maximum atomic E-state index is 12.6. The number of anilines is 1. The predicted octanol–water partition coefficient (Wildman–Crippen LogP) is 4.18. The van der Waals surface area contributed by atoms with Gasteiger partial charge in [0.15, 0.2) is 0 Å². The molecule has 0 saturated heterocycles. The summed E-state index contributed by atoms with van der Waals surface area (Å²) >= 11 is 0. The van der Waals surface area contributed by atoms with Crippen LogP contribution in [-0.2, 0) is 17.6 Å². The molecule has 31 heavy (non-hydrogen) atoms. The van der Waals surface area contributed by atoms with Crippen LogP contribution in [-0.4, -0.2) is 17.9 Å². The molecule has 0 saturated carbocycles. The number of methoxy groups -OCH3 is 1. The van der Waals surface area contributed by atoms with E-state index in [1.807, 2.05) is 19.1 Å². The van der Waals surface area contributed by atoms with Gasteiger partial charge < -0.3 is 15.4 Å². The van der Waals surface area contributed by atoms with Gasteiger partial charge in [-0.25, -0.2) is 0 Å². The number of ether oxygens (including phenoxy) is 1. The molecule has 8 nitrogen and oxygen atoms in total. The maximum absolute atomic E-state index is 12.6. The van der Waals surface area contributed by atoms with Gasteiger partial charge in [0, 0.05) is 18.3 Å². The molecule has 1 atom stereocenters. The second-order valence-electron chi connectivity index (χ2n) is 7.39. The van der Waals surface area contributed by atoms with Gasteiger partial charge in [0.25, 0.3) is 11.6 Å². The first-order chi connectivity index (χ1) is 14.9. The number of rotatable bonds is 7. The normalized spacial score (nSPS) is 14.0. The van der Waals surface area contributed by atoms with E-state index in [1.54, 1.807) is 0 Å². The number of nitriles is 1. The van der Waals surface area contributed by atoms with Gasteiger partial charge in [0.2, 0.25) is 0 Å². The number of carbonyl (C=O) groups excluding carboxylic acids is 1. The Morgan fingerprint density at radius 1 is 1.23 bits per heavy atom. The van der Waals surface area contributed by atoms with Crippen LogP contribution in [0.4, 0.5) is 11.4 Å². The highest BCUT2D eigenvalue weighted by molar-refractivity contribution is 5.97. The van der Waals surface area contributed by atoms with Crippen molar-refractivity contribution in [2.45, 2.75) is 38.6 Å². The third kappa shape index (κ3) is 5.20. The molecule has 0 fully saturated rings. The number of hydrogen-bond donors (Lipinski definition) is 2. The van der Waals surface area contributed by atoms with Crippen molar-refractivity contribution < 1.29 is 14.5 Å². The van der Waals surface area contributed by atoms with Gasteiger partial charge in [-0.05, 0) is 55.4 Å². The standard InChI is InChI=1S/C23H24N4O4/c1-15(17-8-7-16-5-3-4-6-18(16)11-17)26-23(28)19(13-24)14-25-21-12-20(27(29)30)9-10-22(21)31-2/h7-12,14-15,25H,3-6H2,1-2H3,(H,26,28)/b19-14-. The summed E-state index contributed by atoms with van der Waals surface area (Å²) in [5.41, 5.74) is 3.65. The zero-order valence-electron chi connectivity index (χ0n) is 17.5. The van der Waals surface area contributed by atoms with E-state index in [2.05, 4.69) is 22.8 Å². The van der Waals surface area contributed by atoms with Crippen molar-refractivity contribution in [3.63, 3.8) is 0 Å². The molecule has 3 rings (SSSR count). The van der Waals surface area contributed by atoms with Crippen molar-refractivity contribution in [2.24, 2.45) is 0 Å². The van der Waals surface area contributed by atoms with Crippen LogP contribution in [0.15, 0.2) is 48.2 Å². The smallest absolute Gasteiger partial charge is 0.271 e. The van der Waals surface area contributed by atoms with Gasteiger partial charge in [-0.15, -0.1) is 0 Å². The number of nitro benzene ring substituents is 1. The Hall–Kier alpha value is -3.86. The second kappa shape index (κ2) is 9.76. The van der Waals surface area contributed by atoms with E-state index in [-0.39, 0.29) is 23.0 Å². The number of fused-ring (bicyclic) bond motifs is 1. The highest BCUT2D eigenvalue weighted by Gasteiger charge is 2.17. The number of nitrogens with one attached hydrogen (secondary N) is 2. The average Bonchev–Trinajstić information content (AvgIpc) is 2.78. The Labute approximate surface area is 180 Å². The number of non-ortho nitro benzene ring substituents is 1. The van der Waals surface area contributed by atoms with E-state index >= 15 is 0 Å². The van der Waals surface area contributed by atoms with E-state index in [4.69, 9.17) is 4.74 Å². The molecule has 1 amide bonds. The van der Waals surface area contributed by atoms with Crippen LogP contribution in [0.2, 0.25) is 0 Å². The average molecular weight is 420 g/mol. The highest BCUT2D eigenvalue weighted by atomic mass is 16.6. The molecule has 0 heterocycles. The summed E-state index contributed by atoms with van der Waals surface area (Å²) < 4.78 is 5.18. The molecule has 2 aromatic carbocycles. The van der Waals surface area contributed by atoms with Gasteiger partial charge >= 0.3 is 0 Å². The SMILES string of the molecule is COc1ccc([N+](=O)[O-])cc1N/C=C(/C#N)C(=O)NC(C)c1ccc2c(c1)CCCC2. The topological polar surface area (TPSA) is 117 Å². The van der Waals surface area contributed by atoms with E-state index in [0.29, 0.717) is 5.75 Å². The molecule has 0 radical (unpaired) electrons. The summed E-state index contributed by atoms with van der Waals surface area (Å²) in [6, 6.07) is 11.9. The van der Waals surface area contributed by atoms with Crippen LogP contribution in [0.25, 0.3) is 0 Å². The first-order valence-electron chi connectivity index (χ1n) is 10.0. The fourth-order valence-corrected chi connectivity index (χ4v) is 3.60. The third-order valence-corrected chi connectivity index (χ3v) is 5.35. The largest absolute Gasteiger partial charge is 0.495 e. The first-order valence-corrected chi connectivity index (χ1v) is 10.0. The second-order valence-corrected chi connectivity index (χ2v) is 7.39. The zero-order chi connectivity index (χ0) is 22.4. The number of nitro groups is 1. The monoisotopic (exact) mass is 420 g/mol. The molecule has 0 aliphatic heterocycles. The van der Waals surface area contributed by atoms with E-state index < -0.39 is 10.8 Å². The van der Waals surface area contributed by atoms with E-state index in [0.717, 1.165) is 18.4 Å². The third-order valence-electron chi connectivity index (χ3n) is 5.35. The van der Waals surface area contributed by atoms with Crippen LogP contribution in [0, 0.1) is 21.4 Å². The lowest BCUT2D eigenvalue weighted by Gasteiger charge is -2.20. The summed E-state index contributed by atoms with van der Waals surface area (Å²) in [4.78, 5) is 23.1. The summed E-state index contributed by atoms with van der Waals surface area (Å²) in [5, 5.41) is 26.0. The Bertz CT molecular complexity index is 1070. The van der Waals surface area contributed by atoms with Crippen molar-refractivity contribution in [1.29, 1.82) is 5.26 Å². The van der Waals surface area contributed by atoms with Crippen molar-refractivity contribution in [2.75, 3.05) is 12.4 Å². The van der Waals surface area contributed by atoms with E-state index in [9.17, 15) is 20.2 Å². The van der Waals surface area contributed by atoms with Crippen LogP contribution in [0.1, 0.15) is 42.5 Å². The van der Waals surface area contributed by atoms with Crippen LogP contribution >= 0.6 is 0 Å². The van der Waals surface area contributed by atoms with Crippen LogP contribution in [0.5, 0.6) is 5.75 Å². The van der Waals surface area contributed by atoms with Crippen molar-refractivity contribution in [3.8, 4) is 11.8 Å². The minimum atomic E-state index is -0.537. The zero-order valence-corrected chi connectivity index (χ0v) is 17.5. The number of benzene rings is 2. The molecule has 1 aliphatic carbocycles. The first kappa shape index (κ1) is 21.8. The molecule has 0 bridgehead atoms. The van der Waals surface area contributed by atoms with Gasteiger partial charge in [-0.3, -0.25) is 14.9 Å². The molecule has 1 unspecified atom stereocenters. The van der Waals surface area contributed by atoms with Gasteiger partial charge in [-0.1, -0.05) is 18.2 Å². The maximum Gasteiger partial charge on any atom is 0.271 e. The van der Waals surface area contributed by atoms with Gasteiger partial charge in [0.05, 0.1) is 23.8 Å². The summed E-state index contributed by atoms with van der Waals surface area (Å²) in [6.07, 6.45) is 5.73. The minimum absolute atomic E-state index is 0.138. The molecule has 2 aromatic rings. The summed E-state index contributed by atoms with van der Waals surface area (Å²) in [7, 11) is 1.42. The van der Waals surface area contributed by atoms with Crippen molar-refractivity contribution >= 4 is 17.3 Å². The molecular formula is C23H24N4O4. The van der Waals surface area contributed by atoms with Crippen LogP contribution < -0.4 is 15.4 Å². The fourth-order valence-electron chi connectivity index (χ4n) is 3.60. The summed E-state index contributed by atoms with van der Waals surface area (Å²) in [6.45, 7) is 1.87. The number of amides is 1. The molecular weight excluding hydrogens is 396 g/mol. The lowest BCUT2D eigenvalue weighted by atomic mass is 9.89. The molecule has 160 valence electrons. The quantitative estimate of drug-likeness (QED) is 0.300. The molecule has 2 N–H and O–H groups in total. The van der Waals surface area contributed by atoms with Crippen molar-refractivity contribution in [1.82, 2.24) is 5.32 Å². The Morgan fingerprint density at radius 3 is 2.65 bits per heavy atom. The molecule has 8 heteroatoms. The summed E-state index contributed by atoms with van der Waals surface area (Å²) in [5.74, 6) is -0.188.